The molecule has 28 heavy (non-hydrogen) atoms. The van der Waals surface area contributed by atoms with E-state index in [1.54, 1.807) is 16.4 Å². The molecule has 0 spiro atoms. The average Bonchev–Trinajstić information content (AvgIpc) is 3.26. The van der Waals surface area contributed by atoms with Gasteiger partial charge in [0.15, 0.2) is 0 Å². The summed E-state index contributed by atoms with van der Waals surface area (Å²) in [5.74, 6) is 1.13. The van der Waals surface area contributed by atoms with Gasteiger partial charge in [-0.25, -0.2) is 4.68 Å². The molecule has 8 heteroatoms. The molecule has 1 aliphatic heterocycles. The van der Waals surface area contributed by atoms with E-state index in [0.717, 1.165) is 42.3 Å². The maximum atomic E-state index is 12.2. The number of rotatable bonds is 10. The highest BCUT2D eigenvalue weighted by Crippen LogP contribution is 2.22. The van der Waals surface area contributed by atoms with Gasteiger partial charge in [0.25, 0.3) is 0 Å². The van der Waals surface area contributed by atoms with Crippen LogP contribution in [0.3, 0.4) is 0 Å². The number of carbonyl (C=O) groups excluding carboxylic acids is 1. The minimum Gasteiger partial charge on any atom is -0.389 e. The third-order valence-corrected chi connectivity index (χ3v) is 5.92. The Morgan fingerprint density at radius 1 is 1.32 bits per heavy atom. The minimum absolute atomic E-state index is 0.0912. The second kappa shape index (κ2) is 10.4. The quantitative estimate of drug-likeness (QED) is 0.373. The number of likely N-dealkylation sites (tertiary alicyclic amines) is 1. The fourth-order valence-corrected chi connectivity index (χ4v) is 4.17. The number of aliphatic hydroxyl groups excluding tert-OH is 1. The number of aliphatic hydroxyl groups is 1. The second-order valence-corrected chi connectivity index (χ2v) is 8.04. The molecule has 3 rings (SSSR count). The Kier molecular flexibility index (Phi) is 7.62. The van der Waals surface area contributed by atoms with Crippen molar-refractivity contribution >= 4 is 17.7 Å². The zero-order valence-electron chi connectivity index (χ0n) is 16.1. The maximum Gasteiger partial charge on any atom is 0.223 e. The van der Waals surface area contributed by atoms with E-state index in [-0.39, 0.29) is 11.9 Å². The summed E-state index contributed by atoms with van der Waals surface area (Å²) in [5, 5.41) is 22.5. The minimum atomic E-state index is -0.531. The van der Waals surface area contributed by atoms with Gasteiger partial charge in [0.2, 0.25) is 11.1 Å². The molecular formula is C20H27N5O2S. The summed E-state index contributed by atoms with van der Waals surface area (Å²) >= 11 is 1.63. The first-order valence-electron chi connectivity index (χ1n) is 9.68. The number of nitrogens with zero attached hydrogens (tertiary/aromatic N) is 5. The summed E-state index contributed by atoms with van der Waals surface area (Å²) in [7, 11) is 1.83. The first-order chi connectivity index (χ1) is 13.6. The normalized spacial score (nSPS) is 18.3. The molecule has 0 bridgehead atoms. The van der Waals surface area contributed by atoms with Gasteiger partial charge < -0.3 is 10.0 Å². The van der Waals surface area contributed by atoms with Crippen LogP contribution in [0.2, 0.25) is 0 Å². The van der Waals surface area contributed by atoms with Crippen LogP contribution in [0.5, 0.6) is 0 Å². The van der Waals surface area contributed by atoms with Crippen LogP contribution >= 0.6 is 11.8 Å². The van der Waals surface area contributed by atoms with Crippen LogP contribution in [-0.2, 0) is 18.3 Å². The standard InChI is InChI=1S/C20H27N5O2S/c1-24-20(21-22-23-24)28-14-6-5-13-25-17(10-12-19(25)27)9-11-18(26)15-16-7-3-2-4-8-16/h2-4,7-9,11,17-18,26H,5-6,10,12-15H2,1H3/b11-9+/t17-,18?/m0/s1. The number of hydrogen-bond acceptors (Lipinski definition) is 6. The summed E-state index contributed by atoms with van der Waals surface area (Å²) in [6.07, 6.45) is 7.24. The number of carbonyl (C=O) groups is 1. The molecule has 150 valence electrons. The van der Waals surface area contributed by atoms with Crippen LogP contribution in [-0.4, -0.2) is 60.6 Å². The van der Waals surface area contributed by atoms with Gasteiger partial charge in [0.1, 0.15) is 0 Å². The fourth-order valence-electron chi connectivity index (χ4n) is 3.32. The number of unbranched alkanes of at least 4 members (excludes halogenated alkanes) is 1. The molecule has 2 heterocycles. The van der Waals surface area contributed by atoms with Crippen LogP contribution in [0, 0.1) is 0 Å². The number of aryl methyl sites for hydroxylation is 1. The first kappa shape index (κ1) is 20.5. The van der Waals surface area contributed by atoms with Crippen LogP contribution in [0.1, 0.15) is 31.2 Å². The second-order valence-electron chi connectivity index (χ2n) is 6.98. The van der Waals surface area contributed by atoms with Gasteiger partial charge in [-0.15, -0.1) is 5.10 Å². The molecule has 7 nitrogen and oxygen atoms in total. The molecular weight excluding hydrogens is 374 g/mol. The number of thioether (sulfide) groups is 1. The summed E-state index contributed by atoms with van der Waals surface area (Å²) < 4.78 is 1.66. The molecule has 0 saturated carbocycles. The Morgan fingerprint density at radius 3 is 2.89 bits per heavy atom. The lowest BCUT2D eigenvalue weighted by Crippen LogP contribution is -2.33. The van der Waals surface area contributed by atoms with Gasteiger partial charge in [-0.05, 0) is 35.3 Å². The van der Waals surface area contributed by atoms with Crippen LogP contribution < -0.4 is 0 Å². The largest absolute Gasteiger partial charge is 0.389 e. The summed E-state index contributed by atoms with van der Waals surface area (Å²) in [5.41, 5.74) is 1.11. The highest BCUT2D eigenvalue weighted by atomic mass is 32.2. The molecule has 1 aromatic heterocycles. The lowest BCUT2D eigenvalue weighted by Gasteiger charge is -2.22. The summed E-state index contributed by atoms with van der Waals surface area (Å²) in [4.78, 5) is 14.2. The van der Waals surface area contributed by atoms with Gasteiger partial charge >= 0.3 is 0 Å². The van der Waals surface area contributed by atoms with Crippen LogP contribution in [0.4, 0.5) is 0 Å². The molecule has 0 radical (unpaired) electrons. The highest BCUT2D eigenvalue weighted by molar-refractivity contribution is 7.99. The Bertz CT molecular complexity index is 780. The van der Waals surface area contributed by atoms with Crippen molar-refractivity contribution in [2.45, 2.75) is 49.4 Å². The van der Waals surface area contributed by atoms with Gasteiger partial charge in [0.05, 0.1) is 12.1 Å². The number of amides is 1. The third kappa shape index (κ3) is 5.90. The van der Waals surface area contributed by atoms with E-state index in [2.05, 4.69) is 15.5 Å². The molecule has 2 atom stereocenters. The number of hydrogen-bond donors (Lipinski definition) is 1. The molecule has 1 aromatic carbocycles. The van der Waals surface area contributed by atoms with E-state index in [4.69, 9.17) is 0 Å². The van der Waals surface area contributed by atoms with Crippen molar-refractivity contribution in [2.24, 2.45) is 7.05 Å². The van der Waals surface area contributed by atoms with Crippen LogP contribution in [0.15, 0.2) is 47.6 Å². The number of aromatic nitrogens is 4. The summed E-state index contributed by atoms with van der Waals surface area (Å²) in [6.45, 7) is 0.750. The topological polar surface area (TPSA) is 84.1 Å². The fraction of sp³-hybridized carbons (Fsp3) is 0.500. The zero-order chi connectivity index (χ0) is 19.8. The maximum absolute atomic E-state index is 12.2. The summed E-state index contributed by atoms with van der Waals surface area (Å²) in [6, 6.07) is 10.0. The Morgan fingerprint density at radius 2 is 2.14 bits per heavy atom. The molecule has 1 unspecified atom stereocenters. The molecule has 1 N–H and O–H groups in total. The van der Waals surface area contributed by atoms with E-state index in [1.807, 2.05) is 54.4 Å². The zero-order valence-corrected chi connectivity index (χ0v) is 17.0. The van der Waals surface area contributed by atoms with Crippen molar-refractivity contribution in [1.82, 2.24) is 25.1 Å². The van der Waals surface area contributed by atoms with Crippen molar-refractivity contribution in [1.29, 1.82) is 0 Å². The highest BCUT2D eigenvalue weighted by Gasteiger charge is 2.28. The predicted octanol–water partition coefficient (Wildman–Crippen LogP) is 2.23. The average molecular weight is 402 g/mol. The van der Waals surface area contributed by atoms with Gasteiger partial charge in [-0.1, -0.05) is 54.2 Å². The third-order valence-electron chi connectivity index (χ3n) is 4.82. The van der Waals surface area contributed by atoms with E-state index < -0.39 is 6.10 Å². The van der Waals surface area contributed by atoms with E-state index in [9.17, 15) is 9.90 Å². The van der Waals surface area contributed by atoms with E-state index >= 15 is 0 Å². The molecule has 2 aromatic rings. The van der Waals surface area contributed by atoms with Gasteiger partial charge in [-0.2, -0.15) is 0 Å². The van der Waals surface area contributed by atoms with E-state index in [1.165, 1.54) is 0 Å². The Balaban J connectivity index is 1.41. The SMILES string of the molecule is Cn1nnnc1SCCCCN1C(=O)CC[C@@H]1/C=C/C(O)Cc1ccccc1. The van der Waals surface area contributed by atoms with Crippen molar-refractivity contribution in [3.63, 3.8) is 0 Å². The first-order valence-corrected chi connectivity index (χ1v) is 10.7. The van der Waals surface area contributed by atoms with Crippen molar-refractivity contribution in [3.8, 4) is 0 Å². The number of benzene rings is 1. The predicted molar refractivity (Wildman–Crippen MR) is 109 cm³/mol. The lowest BCUT2D eigenvalue weighted by atomic mass is 10.1. The Labute approximate surface area is 169 Å². The van der Waals surface area contributed by atoms with Gasteiger partial charge in [-0.3, -0.25) is 4.79 Å². The molecule has 1 saturated heterocycles. The Hall–Kier alpha value is -2.19. The van der Waals surface area contributed by atoms with Crippen molar-refractivity contribution in [3.05, 3.63) is 48.0 Å². The van der Waals surface area contributed by atoms with Crippen molar-refractivity contribution < 1.29 is 9.90 Å². The lowest BCUT2D eigenvalue weighted by molar-refractivity contribution is -0.128. The van der Waals surface area contributed by atoms with E-state index in [0.29, 0.717) is 12.8 Å². The van der Waals surface area contributed by atoms with Gasteiger partial charge in [0, 0.05) is 32.2 Å². The smallest absolute Gasteiger partial charge is 0.223 e. The van der Waals surface area contributed by atoms with Crippen LogP contribution in [0.25, 0.3) is 0 Å². The number of tetrazole rings is 1. The van der Waals surface area contributed by atoms with Crippen molar-refractivity contribution in [2.75, 3.05) is 12.3 Å². The molecule has 1 amide bonds. The molecule has 1 aliphatic rings. The molecule has 0 aliphatic carbocycles. The molecule has 1 fully saturated rings. The monoisotopic (exact) mass is 401 g/mol.